The molecule has 0 spiro atoms. The molecule has 3 nitrogen and oxygen atoms in total. The number of ether oxygens (including phenoxy) is 1. The van der Waals surface area contributed by atoms with Gasteiger partial charge in [0.1, 0.15) is 5.75 Å². The summed E-state index contributed by atoms with van der Waals surface area (Å²) >= 11 is 6.07. The topological polar surface area (TPSA) is 27.1 Å². The largest absolute Gasteiger partial charge is 0.439 e. The van der Waals surface area contributed by atoms with Crippen LogP contribution in [0.5, 0.6) is 11.6 Å². The number of rotatable bonds is 4. The fourth-order valence-electron chi connectivity index (χ4n) is 2.14. The Labute approximate surface area is 128 Å². The first-order valence-electron chi connectivity index (χ1n) is 6.72. The Bertz CT molecular complexity index is 723. The first-order valence-corrected chi connectivity index (χ1v) is 7.26. The van der Waals surface area contributed by atoms with E-state index in [9.17, 15) is 0 Å². The molecule has 2 aromatic carbocycles. The number of alkyl halides is 1. The minimum Gasteiger partial charge on any atom is -0.439 e. The molecule has 0 fully saturated rings. The molecule has 21 heavy (non-hydrogen) atoms. The molecule has 0 saturated carbocycles. The van der Waals surface area contributed by atoms with Gasteiger partial charge in [-0.25, -0.2) is 4.68 Å². The zero-order chi connectivity index (χ0) is 14.7. The predicted molar refractivity (Wildman–Crippen MR) is 84.4 cm³/mol. The monoisotopic (exact) mass is 298 g/mol. The van der Waals surface area contributed by atoms with E-state index in [-0.39, 0.29) is 0 Å². The van der Waals surface area contributed by atoms with Crippen LogP contribution in [0.3, 0.4) is 0 Å². The summed E-state index contributed by atoms with van der Waals surface area (Å²) in [6.07, 6.45) is 0. The van der Waals surface area contributed by atoms with E-state index in [2.05, 4.69) is 5.10 Å². The molecule has 1 aromatic heterocycles. The number of para-hydroxylation sites is 2. The first-order chi connectivity index (χ1) is 10.3. The molecule has 106 valence electrons. The minimum atomic E-state index is 0.362. The summed E-state index contributed by atoms with van der Waals surface area (Å²) in [6, 6.07) is 19.5. The van der Waals surface area contributed by atoms with Crippen LogP contribution >= 0.6 is 11.6 Å². The lowest BCUT2D eigenvalue weighted by Crippen LogP contribution is -2.00. The maximum atomic E-state index is 6.07. The van der Waals surface area contributed by atoms with Crippen molar-refractivity contribution in [2.75, 3.05) is 0 Å². The summed E-state index contributed by atoms with van der Waals surface area (Å²) < 4.78 is 7.81. The lowest BCUT2D eigenvalue weighted by atomic mass is 10.3. The number of aryl methyl sites for hydroxylation is 1. The van der Waals surface area contributed by atoms with Crippen molar-refractivity contribution in [1.29, 1.82) is 0 Å². The number of nitrogens with zero attached hydrogens (tertiary/aromatic N) is 2. The molecule has 0 aliphatic carbocycles. The zero-order valence-corrected chi connectivity index (χ0v) is 12.4. The number of benzene rings is 2. The SMILES string of the molecule is Cc1nn(-c2ccccc2)c(Oc2ccccc2)c1CCl. The van der Waals surface area contributed by atoms with Gasteiger partial charge in [0, 0.05) is 0 Å². The van der Waals surface area contributed by atoms with Gasteiger partial charge in [-0.1, -0.05) is 36.4 Å². The van der Waals surface area contributed by atoms with E-state index in [0.29, 0.717) is 11.8 Å². The third kappa shape index (κ3) is 2.78. The minimum absolute atomic E-state index is 0.362. The summed E-state index contributed by atoms with van der Waals surface area (Å²) in [7, 11) is 0. The molecule has 0 aliphatic heterocycles. The van der Waals surface area contributed by atoms with Gasteiger partial charge in [-0.15, -0.1) is 11.6 Å². The lowest BCUT2D eigenvalue weighted by molar-refractivity contribution is 0.441. The molecular weight excluding hydrogens is 284 g/mol. The van der Waals surface area contributed by atoms with Gasteiger partial charge in [0.25, 0.3) is 0 Å². The van der Waals surface area contributed by atoms with Crippen LogP contribution in [0, 0.1) is 6.92 Å². The van der Waals surface area contributed by atoms with Crippen LogP contribution in [0.1, 0.15) is 11.3 Å². The molecule has 3 aromatic rings. The highest BCUT2D eigenvalue weighted by Gasteiger charge is 2.17. The van der Waals surface area contributed by atoms with Crippen molar-refractivity contribution in [1.82, 2.24) is 9.78 Å². The third-order valence-corrected chi connectivity index (χ3v) is 3.50. The Kier molecular flexibility index (Phi) is 3.93. The van der Waals surface area contributed by atoms with Crippen LogP contribution in [0.15, 0.2) is 60.7 Å². The van der Waals surface area contributed by atoms with E-state index in [1.165, 1.54) is 0 Å². The predicted octanol–water partition coefficient (Wildman–Crippen LogP) is 4.71. The molecule has 0 aliphatic rings. The molecule has 0 atom stereocenters. The van der Waals surface area contributed by atoms with E-state index < -0.39 is 0 Å². The first kappa shape index (κ1) is 13.7. The van der Waals surface area contributed by atoms with Gasteiger partial charge in [-0.3, -0.25) is 0 Å². The van der Waals surface area contributed by atoms with Crippen molar-refractivity contribution < 1.29 is 4.74 Å². The Balaban J connectivity index is 2.09. The van der Waals surface area contributed by atoms with Crippen LogP contribution in [0.25, 0.3) is 5.69 Å². The van der Waals surface area contributed by atoms with Gasteiger partial charge in [0.15, 0.2) is 0 Å². The summed E-state index contributed by atoms with van der Waals surface area (Å²) in [5, 5.41) is 4.56. The number of hydrogen-bond donors (Lipinski definition) is 0. The second kappa shape index (κ2) is 6.02. The van der Waals surface area contributed by atoms with Crippen LogP contribution in [-0.4, -0.2) is 9.78 Å². The van der Waals surface area contributed by atoms with Gasteiger partial charge in [-0.2, -0.15) is 5.10 Å². The van der Waals surface area contributed by atoms with Crippen LogP contribution < -0.4 is 4.74 Å². The number of aromatic nitrogens is 2. The normalized spacial score (nSPS) is 10.6. The van der Waals surface area contributed by atoms with E-state index in [1.54, 1.807) is 4.68 Å². The van der Waals surface area contributed by atoms with Gasteiger partial charge in [-0.05, 0) is 31.2 Å². The average Bonchev–Trinajstić information content (AvgIpc) is 2.85. The quantitative estimate of drug-likeness (QED) is 0.652. The van der Waals surface area contributed by atoms with Crippen molar-refractivity contribution in [3.8, 4) is 17.3 Å². The Morgan fingerprint density at radius 1 is 1.00 bits per heavy atom. The van der Waals surface area contributed by atoms with Crippen molar-refractivity contribution in [3.63, 3.8) is 0 Å². The highest BCUT2D eigenvalue weighted by molar-refractivity contribution is 6.17. The molecular formula is C17H15ClN2O. The van der Waals surface area contributed by atoms with Gasteiger partial charge in [0.2, 0.25) is 5.88 Å². The van der Waals surface area contributed by atoms with E-state index in [1.807, 2.05) is 67.6 Å². The highest BCUT2D eigenvalue weighted by Crippen LogP contribution is 2.31. The van der Waals surface area contributed by atoms with Gasteiger partial charge in [0.05, 0.1) is 22.8 Å². The molecule has 1 heterocycles. The second-order valence-corrected chi connectivity index (χ2v) is 4.93. The van der Waals surface area contributed by atoms with Crippen molar-refractivity contribution in [3.05, 3.63) is 71.9 Å². The molecule has 4 heteroatoms. The number of hydrogen-bond acceptors (Lipinski definition) is 2. The summed E-state index contributed by atoms with van der Waals surface area (Å²) in [6.45, 7) is 1.94. The maximum Gasteiger partial charge on any atom is 0.227 e. The standard InChI is InChI=1S/C17H15ClN2O/c1-13-16(12-18)17(21-15-10-6-3-7-11-15)20(19-13)14-8-4-2-5-9-14/h2-11H,12H2,1H3. The molecule has 0 amide bonds. The highest BCUT2D eigenvalue weighted by atomic mass is 35.5. The zero-order valence-electron chi connectivity index (χ0n) is 11.7. The Morgan fingerprint density at radius 3 is 2.24 bits per heavy atom. The molecule has 0 saturated heterocycles. The average molecular weight is 299 g/mol. The number of halogens is 1. The molecule has 0 radical (unpaired) electrons. The molecule has 0 N–H and O–H groups in total. The van der Waals surface area contributed by atoms with E-state index in [0.717, 1.165) is 22.7 Å². The Hall–Kier alpha value is -2.26. The molecule has 0 unspecified atom stereocenters. The van der Waals surface area contributed by atoms with Crippen LogP contribution in [0.4, 0.5) is 0 Å². The van der Waals surface area contributed by atoms with Crippen molar-refractivity contribution in [2.24, 2.45) is 0 Å². The van der Waals surface area contributed by atoms with Gasteiger partial charge >= 0.3 is 0 Å². The van der Waals surface area contributed by atoms with Crippen molar-refractivity contribution >= 4 is 11.6 Å². The van der Waals surface area contributed by atoms with Crippen LogP contribution in [-0.2, 0) is 5.88 Å². The summed E-state index contributed by atoms with van der Waals surface area (Å²) in [5.41, 5.74) is 2.73. The summed E-state index contributed by atoms with van der Waals surface area (Å²) in [4.78, 5) is 0. The second-order valence-electron chi connectivity index (χ2n) is 4.67. The van der Waals surface area contributed by atoms with E-state index >= 15 is 0 Å². The van der Waals surface area contributed by atoms with Crippen LogP contribution in [0.2, 0.25) is 0 Å². The Morgan fingerprint density at radius 2 is 1.62 bits per heavy atom. The fourth-order valence-corrected chi connectivity index (χ4v) is 2.45. The fraction of sp³-hybridized carbons (Fsp3) is 0.118. The summed E-state index contributed by atoms with van der Waals surface area (Å²) in [5.74, 6) is 1.79. The van der Waals surface area contributed by atoms with Gasteiger partial charge < -0.3 is 4.74 Å². The van der Waals surface area contributed by atoms with E-state index in [4.69, 9.17) is 16.3 Å². The molecule has 3 rings (SSSR count). The lowest BCUT2D eigenvalue weighted by Gasteiger charge is -2.10. The smallest absolute Gasteiger partial charge is 0.227 e. The third-order valence-electron chi connectivity index (χ3n) is 3.23. The maximum absolute atomic E-state index is 6.07. The van der Waals surface area contributed by atoms with Crippen molar-refractivity contribution in [2.45, 2.75) is 12.8 Å². The molecule has 0 bridgehead atoms.